The van der Waals surface area contributed by atoms with E-state index in [0.717, 1.165) is 12.1 Å². The zero-order chi connectivity index (χ0) is 19.3. The van der Waals surface area contributed by atoms with Gasteiger partial charge in [-0.25, -0.2) is 8.78 Å². The van der Waals surface area contributed by atoms with Crippen molar-refractivity contribution >= 4 is 17.3 Å². The van der Waals surface area contributed by atoms with E-state index < -0.39 is 28.5 Å². The van der Waals surface area contributed by atoms with Crippen molar-refractivity contribution in [1.82, 2.24) is 5.32 Å². The molecule has 0 aliphatic heterocycles. The molecule has 0 aliphatic rings. The molecule has 0 fully saturated rings. The smallest absolute Gasteiger partial charge is 0.296 e. The van der Waals surface area contributed by atoms with E-state index in [4.69, 9.17) is 4.74 Å². The van der Waals surface area contributed by atoms with Gasteiger partial charge in [-0.3, -0.25) is 14.9 Å². The normalized spacial score (nSPS) is 11.7. The summed E-state index contributed by atoms with van der Waals surface area (Å²) < 4.78 is 31.6. The zero-order valence-electron chi connectivity index (χ0n) is 14.1. The van der Waals surface area contributed by atoms with Crippen LogP contribution < -0.4 is 15.4 Å². The fourth-order valence-corrected chi connectivity index (χ4v) is 2.30. The molecule has 0 aromatic heterocycles. The summed E-state index contributed by atoms with van der Waals surface area (Å²) in [6.07, 6.45) is 0. The molecule has 0 heterocycles. The summed E-state index contributed by atoms with van der Waals surface area (Å²) in [5.74, 6) is -1.68. The Kier molecular flexibility index (Phi) is 6.18. The number of halogens is 2. The number of nitro groups is 1. The number of hydrogen-bond acceptors (Lipinski definition) is 5. The van der Waals surface area contributed by atoms with Gasteiger partial charge >= 0.3 is 0 Å². The van der Waals surface area contributed by atoms with E-state index >= 15 is 0 Å². The summed E-state index contributed by atoms with van der Waals surface area (Å²) in [7, 11) is 1.37. The molecule has 2 aromatic rings. The standard InChI is InChI=1S/C17H17F2N3O4/c1-10(13-5-3-11(18)7-14(13)19)20-9-17(23)21-15-6-4-12(26-2)8-16(15)22(24)25/h3-8,10,20H,9H2,1-2H3,(H,21,23)/t10-/m0/s1. The number of rotatable bonds is 7. The van der Waals surface area contributed by atoms with Crippen LogP contribution in [0.4, 0.5) is 20.2 Å². The molecule has 1 amide bonds. The molecule has 0 radical (unpaired) electrons. The van der Waals surface area contributed by atoms with Crippen LogP contribution in [0.15, 0.2) is 36.4 Å². The van der Waals surface area contributed by atoms with E-state index in [1.807, 2.05) is 0 Å². The van der Waals surface area contributed by atoms with Crippen LogP contribution in [0.5, 0.6) is 5.75 Å². The molecule has 0 unspecified atom stereocenters. The first-order valence-electron chi connectivity index (χ1n) is 7.62. The number of methoxy groups -OCH3 is 1. The number of benzene rings is 2. The summed E-state index contributed by atoms with van der Waals surface area (Å²) in [6.45, 7) is 1.39. The van der Waals surface area contributed by atoms with Crippen molar-refractivity contribution in [3.05, 3.63) is 63.7 Å². The lowest BCUT2D eigenvalue weighted by Crippen LogP contribution is -2.30. The van der Waals surface area contributed by atoms with Gasteiger partial charge in [0.1, 0.15) is 23.1 Å². The third kappa shape index (κ3) is 4.73. The third-order valence-electron chi connectivity index (χ3n) is 3.67. The molecule has 0 saturated heterocycles. The van der Waals surface area contributed by atoms with Crippen LogP contribution in [-0.4, -0.2) is 24.5 Å². The highest BCUT2D eigenvalue weighted by atomic mass is 19.1. The number of ether oxygens (including phenoxy) is 1. The first-order chi connectivity index (χ1) is 12.3. The Balaban J connectivity index is 2.02. The molecule has 1 atom stereocenters. The molecular weight excluding hydrogens is 348 g/mol. The minimum Gasteiger partial charge on any atom is -0.496 e. The van der Waals surface area contributed by atoms with Crippen molar-refractivity contribution < 1.29 is 23.2 Å². The quantitative estimate of drug-likeness (QED) is 0.581. The van der Waals surface area contributed by atoms with Crippen LogP contribution in [0.1, 0.15) is 18.5 Å². The summed E-state index contributed by atoms with van der Waals surface area (Å²) in [5, 5.41) is 16.3. The summed E-state index contributed by atoms with van der Waals surface area (Å²) in [5.41, 5.74) is -0.0897. The van der Waals surface area contributed by atoms with Gasteiger partial charge in [-0.2, -0.15) is 0 Å². The van der Waals surface area contributed by atoms with Gasteiger partial charge in [0.05, 0.1) is 24.6 Å². The number of anilines is 1. The second-order valence-electron chi connectivity index (χ2n) is 5.46. The second kappa shape index (κ2) is 8.34. The minimum atomic E-state index is -0.726. The molecular formula is C17H17F2N3O4. The molecule has 26 heavy (non-hydrogen) atoms. The Morgan fingerprint density at radius 2 is 2.00 bits per heavy atom. The SMILES string of the molecule is COc1ccc(NC(=O)CN[C@@H](C)c2ccc(F)cc2F)c([N+](=O)[O-])c1. The maximum atomic E-state index is 13.7. The maximum Gasteiger partial charge on any atom is 0.296 e. The van der Waals surface area contributed by atoms with Crippen LogP contribution in [-0.2, 0) is 4.79 Å². The lowest BCUT2D eigenvalue weighted by atomic mass is 10.1. The van der Waals surface area contributed by atoms with E-state index in [2.05, 4.69) is 10.6 Å². The molecule has 0 spiro atoms. The number of amides is 1. The highest BCUT2D eigenvalue weighted by Crippen LogP contribution is 2.28. The number of nitrogens with zero attached hydrogens (tertiary/aromatic N) is 1. The van der Waals surface area contributed by atoms with E-state index in [0.29, 0.717) is 0 Å². The second-order valence-corrected chi connectivity index (χ2v) is 5.46. The molecule has 2 aromatic carbocycles. The minimum absolute atomic E-state index is 0.0169. The molecule has 2 rings (SSSR count). The molecule has 9 heteroatoms. The molecule has 7 nitrogen and oxygen atoms in total. The third-order valence-corrected chi connectivity index (χ3v) is 3.67. The first-order valence-corrected chi connectivity index (χ1v) is 7.62. The number of hydrogen-bond donors (Lipinski definition) is 2. The van der Waals surface area contributed by atoms with Crippen LogP contribution in [0.2, 0.25) is 0 Å². The van der Waals surface area contributed by atoms with Crippen LogP contribution >= 0.6 is 0 Å². The Hall–Kier alpha value is -3.07. The van der Waals surface area contributed by atoms with Crippen LogP contribution in [0.25, 0.3) is 0 Å². The molecule has 0 bridgehead atoms. The number of nitrogens with one attached hydrogen (secondary N) is 2. The Bertz CT molecular complexity index is 830. The van der Waals surface area contributed by atoms with Gasteiger partial charge in [-0.1, -0.05) is 6.07 Å². The van der Waals surface area contributed by atoms with Crippen molar-refractivity contribution in [2.24, 2.45) is 0 Å². The monoisotopic (exact) mass is 365 g/mol. The van der Waals surface area contributed by atoms with Crippen molar-refractivity contribution in [3.8, 4) is 5.75 Å². The van der Waals surface area contributed by atoms with Crippen LogP contribution in [0, 0.1) is 21.7 Å². The predicted octanol–water partition coefficient (Wildman–Crippen LogP) is 3.17. The first kappa shape index (κ1) is 19.3. The van der Waals surface area contributed by atoms with E-state index in [9.17, 15) is 23.7 Å². The van der Waals surface area contributed by atoms with E-state index in [1.54, 1.807) is 6.92 Å². The molecule has 0 saturated carbocycles. The lowest BCUT2D eigenvalue weighted by molar-refractivity contribution is -0.384. The number of carbonyl (C=O) groups excluding carboxylic acids is 1. The molecule has 0 aliphatic carbocycles. The van der Waals surface area contributed by atoms with Gasteiger partial charge in [-0.15, -0.1) is 0 Å². The molecule has 138 valence electrons. The van der Waals surface area contributed by atoms with Crippen molar-refractivity contribution in [3.63, 3.8) is 0 Å². The van der Waals surface area contributed by atoms with Gasteiger partial charge in [0, 0.05) is 17.7 Å². The van der Waals surface area contributed by atoms with Gasteiger partial charge in [0.25, 0.3) is 5.69 Å². The fourth-order valence-electron chi connectivity index (χ4n) is 2.30. The van der Waals surface area contributed by atoms with Gasteiger partial charge < -0.3 is 15.4 Å². The topological polar surface area (TPSA) is 93.5 Å². The van der Waals surface area contributed by atoms with Crippen LogP contribution in [0.3, 0.4) is 0 Å². The largest absolute Gasteiger partial charge is 0.496 e. The Morgan fingerprint density at radius 3 is 2.62 bits per heavy atom. The highest BCUT2D eigenvalue weighted by Gasteiger charge is 2.18. The summed E-state index contributed by atoms with van der Waals surface area (Å²) >= 11 is 0. The van der Waals surface area contributed by atoms with E-state index in [-0.39, 0.29) is 29.2 Å². The average Bonchev–Trinajstić information content (AvgIpc) is 2.59. The summed E-state index contributed by atoms with van der Waals surface area (Å²) in [6, 6.07) is 6.64. The van der Waals surface area contributed by atoms with Crippen molar-refractivity contribution in [1.29, 1.82) is 0 Å². The Labute approximate surface area is 148 Å². The number of carbonyl (C=O) groups is 1. The summed E-state index contributed by atoms with van der Waals surface area (Å²) in [4.78, 5) is 22.5. The molecule has 2 N–H and O–H groups in total. The highest BCUT2D eigenvalue weighted by molar-refractivity contribution is 5.94. The van der Waals surface area contributed by atoms with Gasteiger partial charge in [0.15, 0.2) is 0 Å². The predicted molar refractivity (Wildman–Crippen MR) is 91.1 cm³/mol. The number of nitro benzene ring substituents is 1. The van der Waals surface area contributed by atoms with E-state index in [1.165, 1.54) is 31.4 Å². The fraction of sp³-hybridized carbons (Fsp3) is 0.235. The van der Waals surface area contributed by atoms with Gasteiger partial charge in [-0.05, 0) is 25.1 Å². The van der Waals surface area contributed by atoms with Crippen molar-refractivity contribution in [2.75, 3.05) is 19.0 Å². The lowest BCUT2D eigenvalue weighted by Gasteiger charge is -2.15. The zero-order valence-corrected chi connectivity index (χ0v) is 14.1. The van der Waals surface area contributed by atoms with Gasteiger partial charge in [0.2, 0.25) is 5.91 Å². The maximum absolute atomic E-state index is 13.7. The Morgan fingerprint density at radius 1 is 1.27 bits per heavy atom. The van der Waals surface area contributed by atoms with Crippen molar-refractivity contribution in [2.45, 2.75) is 13.0 Å². The average molecular weight is 365 g/mol.